The zero-order valence-electron chi connectivity index (χ0n) is 12.9. The standard InChI is InChI=1S/C16H23N3O2/c1-4-18(5-2)11-16(21)19-14(10-12(3)17-19)13-8-6-7-9-15(13)20/h6-9,14,20H,4-5,10-11H2,1-3H3. The number of hydrogen-bond donors (Lipinski definition) is 1. The maximum absolute atomic E-state index is 12.5. The van der Waals surface area contributed by atoms with Crippen LogP contribution in [0.1, 0.15) is 38.8 Å². The molecule has 21 heavy (non-hydrogen) atoms. The van der Waals surface area contributed by atoms with E-state index in [2.05, 4.69) is 10.0 Å². The first kappa shape index (κ1) is 15.5. The summed E-state index contributed by atoms with van der Waals surface area (Å²) in [4.78, 5) is 14.6. The van der Waals surface area contributed by atoms with Crippen LogP contribution < -0.4 is 0 Å². The molecule has 1 aromatic rings. The third-order valence-electron chi connectivity index (χ3n) is 3.87. The van der Waals surface area contributed by atoms with Gasteiger partial charge < -0.3 is 5.11 Å². The number of benzene rings is 1. The SMILES string of the molecule is CCN(CC)CC(=O)N1N=C(C)CC1c1ccccc1O. The molecule has 0 fully saturated rings. The number of phenols is 1. The minimum atomic E-state index is -0.200. The monoisotopic (exact) mass is 289 g/mol. The Morgan fingerprint density at radius 1 is 1.38 bits per heavy atom. The van der Waals surface area contributed by atoms with Crippen molar-refractivity contribution in [3.8, 4) is 5.75 Å². The average molecular weight is 289 g/mol. The molecule has 0 aliphatic carbocycles. The largest absolute Gasteiger partial charge is 0.508 e. The van der Waals surface area contributed by atoms with E-state index in [0.29, 0.717) is 13.0 Å². The molecule has 0 radical (unpaired) electrons. The average Bonchev–Trinajstić information content (AvgIpc) is 2.87. The van der Waals surface area contributed by atoms with Crippen molar-refractivity contribution in [3.05, 3.63) is 29.8 Å². The number of nitrogens with zero attached hydrogens (tertiary/aromatic N) is 3. The van der Waals surface area contributed by atoms with E-state index >= 15 is 0 Å². The highest BCUT2D eigenvalue weighted by Gasteiger charge is 2.32. The molecule has 1 unspecified atom stereocenters. The second kappa shape index (κ2) is 6.72. The van der Waals surface area contributed by atoms with E-state index in [1.165, 1.54) is 5.01 Å². The van der Waals surface area contributed by atoms with Gasteiger partial charge >= 0.3 is 0 Å². The van der Waals surface area contributed by atoms with E-state index in [4.69, 9.17) is 0 Å². The van der Waals surface area contributed by atoms with Gasteiger partial charge in [0.05, 0.1) is 12.6 Å². The number of carbonyl (C=O) groups is 1. The Labute approximate surface area is 125 Å². The van der Waals surface area contributed by atoms with Gasteiger partial charge in [-0.1, -0.05) is 32.0 Å². The summed E-state index contributed by atoms with van der Waals surface area (Å²) >= 11 is 0. The highest BCUT2D eigenvalue weighted by Crippen LogP contribution is 2.35. The highest BCUT2D eigenvalue weighted by molar-refractivity contribution is 5.89. The van der Waals surface area contributed by atoms with Crippen molar-refractivity contribution in [3.63, 3.8) is 0 Å². The van der Waals surface area contributed by atoms with Crippen molar-refractivity contribution in [2.24, 2.45) is 5.10 Å². The number of para-hydroxylation sites is 1. The number of hydrogen-bond acceptors (Lipinski definition) is 4. The first-order valence-electron chi connectivity index (χ1n) is 7.43. The molecule has 1 N–H and O–H groups in total. The molecule has 1 atom stereocenters. The zero-order chi connectivity index (χ0) is 15.4. The summed E-state index contributed by atoms with van der Waals surface area (Å²) in [6, 6.07) is 6.95. The molecular formula is C16H23N3O2. The molecule has 1 aliphatic rings. The van der Waals surface area contributed by atoms with Crippen molar-refractivity contribution in [2.45, 2.75) is 33.2 Å². The molecule has 2 rings (SSSR count). The predicted octanol–water partition coefficient (Wildman–Crippen LogP) is 2.38. The van der Waals surface area contributed by atoms with Gasteiger partial charge in [-0.3, -0.25) is 9.69 Å². The summed E-state index contributed by atoms with van der Waals surface area (Å²) in [5, 5.41) is 15.9. The number of amides is 1. The molecular weight excluding hydrogens is 266 g/mol. The van der Waals surface area contributed by atoms with E-state index in [1.54, 1.807) is 12.1 Å². The second-order valence-corrected chi connectivity index (χ2v) is 5.31. The molecule has 0 bridgehead atoms. The number of aromatic hydroxyl groups is 1. The first-order valence-corrected chi connectivity index (χ1v) is 7.43. The Kier molecular flexibility index (Phi) is 4.96. The maximum atomic E-state index is 12.5. The summed E-state index contributed by atoms with van der Waals surface area (Å²) in [5.41, 5.74) is 1.67. The molecule has 1 heterocycles. The molecule has 114 valence electrons. The second-order valence-electron chi connectivity index (χ2n) is 5.31. The minimum absolute atomic E-state index is 0.0243. The third-order valence-corrected chi connectivity index (χ3v) is 3.87. The number of rotatable bonds is 5. The van der Waals surface area contributed by atoms with Crippen LogP contribution in [0, 0.1) is 0 Å². The molecule has 5 nitrogen and oxygen atoms in total. The molecule has 0 aromatic heterocycles. The van der Waals surface area contributed by atoms with Gasteiger partial charge in [0.1, 0.15) is 5.75 Å². The molecule has 1 aromatic carbocycles. The molecule has 0 saturated carbocycles. The fraction of sp³-hybridized carbons (Fsp3) is 0.500. The summed E-state index contributed by atoms with van der Waals surface area (Å²) in [6.07, 6.45) is 0.668. The van der Waals surface area contributed by atoms with Crippen LogP contribution in [0.3, 0.4) is 0 Å². The molecule has 0 spiro atoms. The first-order chi connectivity index (χ1) is 10.1. The van der Waals surface area contributed by atoms with Crippen LogP contribution in [0.25, 0.3) is 0 Å². The van der Waals surface area contributed by atoms with Crippen molar-refractivity contribution < 1.29 is 9.90 Å². The maximum Gasteiger partial charge on any atom is 0.257 e. The van der Waals surface area contributed by atoms with E-state index in [0.717, 1.165) is 24.4 Å². The molecule has 0 saturated heterocycles. The van der Waals surface area contributed by atoms with Crippen LogP contribution in [0.4, 0.5) is 0 Å². The lowest BCUT2D eigenvalue weighted by Gasteiger charge is -2.25. The predicted molar refractivity (Wildman–Crippen MR) is 83.2 cm³/mol. The minimum Gasteiger partial charge on any atom is -0.508 e. The van der Waals surface area contributed by atoms with E-state index in [-0.39, 0.29) is 17.7 Å². The summed E-state index contributed by atoms with van der Waals surface area (Å²) in [5.74, 6) is 0.192. The van der Waals surface area contributed by atoms with E-state index in [1.807, 2.05) is 32.9 Å². The van der Waals surface area contributed by atoms with Crippen LogP contribution in [0.5, 0.6) is 5.75 Å². The van der Waals surface area contributed by atoms with Gasteiger partial charge in [0.15, 0.2) is 0 Å². The van der Waals surface area contributed by atoms with Crippen LogP contribution in [0.15, 0.2) is 29.4 Å². The number of carbonyl (C=O) groups excluding carboxylic acids is 1. The summed E-state index contributed by atoms with van der Waals surface area (Å²) in [6.45, 7) is 8.01. The molecule has 1 aliphatic heterocycles. The fourth-order valence-electron chi connectivity index (χ4n) is 2.61. The van der Waals surface area contributed by atoms with Gasteiger partial charge in [0, 0.05) is 17.7 Å². The Morgan fingerprint density at radius 3 is 2.67 bits per heavy atom. The van der Waals surface area contributed by atoms with Crippen molar-refractivity contribution in [1.82, 2.24) is 9.91 Å². The van der Waals surface area contributed by atoms with Crippen molar-refractivity contribution in [1.29, 1.82) is 0 Å². The Balaban J connectivity index is 2.20. The zero-order valence-corrected chi connectivity index (χ0v) is 12.9. The molecule has 1 amide bonds. The van der Waals surface area contributed by atoms with Crippen LogP contribution in [-0.2, 0) is 4.79 Å². The lowest BCUT2D eigenvalue weighted by atomic mass is 10.0. The van der Waals surface area contributed by atoms with Gasteiger partial charge in [0.25, 0.3) is 5.91 Å². The van der Waals surface area contributed by atoms with Crippen LogP contribution in [0.2, 0.25) is 0 Å². The normalized spacial score (nSPS) is 18.2. The Hall–Kier alpha value is -1.88. The molecule has 5 heteroatoms. The number of phenolic OH excluding ortho intramolecular Hbond substituents is 1. The third kappa shape index (κ3) is 3.42. The lowest BCUT2D eigenvalue weighted by molar-refractivity contribution is -0.134. The van der Waals surface area contributed by atoms with Crippen molar-refractivity contribution in [2.75, 3.05) is 19.6 Å². The Morgan fingerprint density at radius 2 is 2.05 bits per heavy atom. The van der Waals surface area contributed by atoms with Gasteiger partial charge in [-0.15, -0.1) is 0 Å². The number of likely N-dealkylation sites (N-methyl/N-ethyl adjacent to an activating group) is 1. The van der Waals surface area contributed by atoms with Gasteiger partial charge in [-0.2, -0.15) is 5.10 Å². The van der Waals surface area contributed by atoms with E-state index < -0.39 is 0 Å². The van der Waals surface area contributed by atoms with E-state index in [9.17, 15) is 9.90 Å². The smallest absolute Gasteiger partial charge is 0.257 e. The highest BCUT2D eigenvalue weighted by atomic mass is 16.3. The Bertz CT molecular complexity index is 538. The van der Waals surface area contributed by atoms with Crippen LogP contribution in [-0.4, -0.2) is 46.3 Å². The van der Waals surface area contributed by atoms with Crippen LogP contribution >= 0.6 is 0 Å². The van der Waals surface area contributed by atoms with Gasteiger partial charge in [-0.05, 0) is 26.1 Å². The quantitative estimate of drug-likeness (QED) is 0.905. The van der Waals surface area contributed by atoms with Gasteiger partial charge in [0.2, 0.25) is 0 Å². The van der Waals surface area contributed by atoms with Gasteiger partial charge in [-0.25, -0.2) is 5.01 Å². The lowest BCUT2D eigenvalue weighted by Crippen LogP contribution is -2.38. The fourth-order valence-corrected chi connectivity index (χ4v) is 2.61. The summed E-state index contributed by atoms with van der Waals surface area (Å²) < 4.78 is 0. The van der Waals surface area contributed by atoms with Crippen molar-refractivity contribution >= 4 is 11.6 Å². The number of hydrazone groups is 1. The topological polar surface area (TPSA) is 56.1 Å². The summed E-state index contributed by atoms with van der Waals surface area (Å²) in [7, 11) is 0.